The summed E-state index contributed by atoms with van der Waals surface area (Å²) in [6.45, 7) is 23.6. The SMILES string of the molecule is C=CCCCNC(=O)OC/C(C)=C\[C@@H](C)[C@H](O[Si](C)(C)C(C)(C)C)[C@H](C=C)OC. The maximum absolute atomic E-state index is 11.8. The van der Waals surface area contributed by atoms with Crippen LogP contribution in [0.1, 0.15) is 47.5 Å². The standard InChI is InChI=1S/C23H43NO4Si/c1-11-13-14-15-24-22(25)27-17-18(3)16-19(4)21(20(12-2)26-8)28-29(9,10)23(5,6)7/h11-12,16,19-21H,1-2,13-15,17H2,3-10H3,(H,24,25)/b18-16-/t19-,20+,21+/m1/s1. The Morgan fingerprint density at radius 2 is 1.86 bits per heavy atom. The quantitative estimate of drug-likeness (QED) is 0.228. The molecule has 0 aromatic heterocycles. The van der Waals surface area contributed by atoms with Crippen LogP contribution in [0.15, 0.2) is 37.0 Å². The molecule has 0 aliphatic carbocycles. The van der Waals surface area contributed by atoms with Gasteiger partial charge in [-0.15, -0.1) is 13.2 Å². The molecule has 168 valence electrons. The molecule has 0 aliphatic heterocycles. The van der Waals surface area contributed by atoms with E-state index >= 15 is 0 Å². The highest BCUT2D eigenvalue weighted by Gasteiger charge is 2.41. The Morgan fingerprint density at radius 1 is 1.24 bits per heavy atom. The van der Waals surface area contributed by atoms with Gasteiger partial charge in [0, 0.05) is 19.6 Å². The minimum absolute atomic E-state index is 0.0753. The van der Waals surface area contributed by atoms with Crippen molar-refractivity contribution in [1.82, 2.24) is 5.32 Å². The van der Waals surface area contributed by atoms with Gasteiger partial charge in [0.2, 0.25) is 0 Å². The molecule has 0 rings (SSSR count). The number of hydrogen-bond acceptors (Lipinski definition) is 4. The lowest BCUT2D eigenvalue weighted by molar-refractivity contribution is 0.00589. The van der Waals surface area contributed by atoms with E-state index in [0.29, 0.717) is 6.54 Å². The van der Waals surface area contributed by atoms with E-state index in [1.165, 1.54) is 0 Å². The number of carbonyl (C=O) groups excluding carboxylic acids is 1. The Bertz CT molecular complexity index is 552. The lowest BCUT2D eigenvalue weighted by Crippen LogP contribution is -2.49. The molecule has 0 saturated heterocycles. The molecule has 0 unspecified atom stereocenters. The van der Waals surface area contributed by atoms with Gasteiger partial charge in [-0.3, -0.25) is 0 Å². The maximum atomic E-state index is 11.8. The number of methoxy groups -OCH3 is 1. The molecule has 1 amide bonds. The van der Waals surface area contributed by atoms with E-state index in [2.05, 4.69) is 65.3 Å². The summed E-state index contributed by atoms with van der Waals surface area (Å²) in [5.74, 6) is 0.0753. The number of ether oxygens (including phenoxy) is 2. The third-order valence-electron chi connectivity index (χ3n) is 5.42. The van der Waals surface area contributed by atoms with Gasteiger partial charge in [0.05, 0.1) is 6.10 Å². The highest BCUT2D eigenvalue weighted by Crippen LogP contribution is 2.39. The smallest absolute Gasteiger partial charge is 0.407 e. The fourth-order valence-corrected chi connectivity index (χ4v) is 4.00. The van der Waals surface area contributed by atoms with Gasteiger partial charge in [-0.05, 0) is 43.5 Å². The van der Waals surface area contributed by atoms with E-state index in [0.717, 1.165) is 18.4 Å². The van der Waals surface area contributed by atoms with Crippen LogP contribution in [0, 0.1) is 5.92 Å². The first kappa shape index (κ1) is 27.6. The summed E-state index contributed by atoms with van der Waals surface area (Å²) in [6, 6.07) is 0. The summed E-state index contributed by atoms with van der Waals surface area (Å²) in [6.07, 6.45) is 6.69. The third-order valence-corrected chi connectivity index (χ3v) is 9.89. The van der Waals surface area contributed by atoms with Crippen LogP contribution in [-0.4, -0.2) is 46.9 Å². The van der Waals surface area contributed by atoms with Crippen LogP contribution in [0.25, 0.3) is 0 Å². The van der Waals surface area contributed by atoms with Gasteiger partial charge in [0.1, 0.15) is 12.7 Å². The van der Waals surface area contributed by atoms with E-state index in [-0.39, 0.29) is 29.8 Å². The van der Waals surface area contributed by atoms with Crippen molar-refractivity contribution in [3.05, 3.63) is 37.0 Å². The first-order chi connectivity index (χ1) is 13.4. The van der Waals surface area contributed by atoms with E-state index in [9.17, 15) is 4.79 Å². The van der Waals surface area contributed by atoms with Crippen molar-refractivity contribution >= 4 is 14.4 Å². The van der Waals surface area contributed by atoms with Crippen molar-refractivity contribution in [1.29, 1.82) is 0 Å². The summed E-state index contributed by atoms with van der Waals surface area (Å²) < 4.78 is 17.6. The van der Waals surface area contributed by atoms with Crippen LogP contribution >= 0.6 is 0 Å². The van der Waals surface area contributed by atoms with Crippen molar-refractivity contribution in [2.45, 2.75) is 77.8 Å². The van der Waals surface area contributed by atoms with Gasteiger partial charge in [-0.2, -0.15) is 0 Å². The van der Waals surface area contributed by atoms with Crippen molar-refractivity contribution in [3.8, 4) is 0 Å². The van der Waals surface area contributed by atoms with E-state index in [1.54, 1.807) is 13.2 Å². The van der Waals surface area contributed by atoms with Crippen LogP contribution in [-0.2, 0) is 13.9 Å². The summed E-state index contributed by atoms with van der Waals surface area (Å²) in [7, 11) is -0.317. The maximum Gasteiger partial charge on any atom is 0.407 e. The van der Waals surface area contributed by atoms with Crippen LogP contribution in [0.5, 0.6) is 0 Å². The van der Waals surface area contributed by atoms with Gasteiger partial charge in [-0.25, -0.2) is 4.79 Å². The van der Waals surface area contributed by atoms with Crippen molar-refractivity contribution in [2.75, 3.05) is 20.3 Å². The van der Waals surface area contributed by atoms with Gasteiger partial charge in [0.15, 0.2) is 8.32 Å². The average molecular weight is 426 g/mol. The monoisotopic (exact) mass is 425 g/mol. The van der Waals surface area contributed by atoms with Crippen LogP contribution < -0.4 is 5.32 Å². The molecule has 0 aromatic carbocycles. The molecule has 0 aromatic rings. The molecule has 29 heavy (non-hydrogen) atoms. The number of hydrogen-bond donors (Lipinski definition) is 1. The lowest BCUT2D eigenvalue weighted by Gasteiger charge is -2.42. The van der Waals surface area contributed by atoms with Crippen molar-refractivity contribution in [2.24, 2.45) is 5.92 Å². The van der Waals surface area contributed by atoms with E-state index < -0.39 is 14.4 Å². The Hall–Kier alpha value is -1.37. The second-order valence-electron chi connectivity index (χ2n) is 9.08. The predicted octanol–water partition coefficient (Wildman–Crippen LogP) is 5.85. The van der Waals surface area contributed by atoms with Crippen LogP contribution in [0.4, 0.5) is 4.79 Å². The van der Waals surface area contributed by atoms with E-state index in [4.69, 9.17) is 13.9 Å². The molecule has 0 fully saturated rings. The molecule has 0 heterocycles. The second-order valence-corrected chi connectivity index (χ2v) is 13.8. The molecular weight excluding hydrogens is 382 g/mol. The van der Waals surface area contributed by atoms with Crippen LogP contribution in [0.3, 0.4) is 0 Å². The molecule has 0 bridgehead atoms. The lowest BCUT2D eigenvalue weighted by atomic mass is 9.97. The van der Waals surface area contributed by atoms with E-state index in [1.807, 2.05) is 13.0 Å². The molecule has 0 spiro atoms. The Balaban J connectivity index is 5.05. The zero-order valence-corrected chi connectivity index (χ0v) is 20.8. The highest BCUT2D eigenvalue weighted by molar-refractivity contribution is 6.74. The second kappa shape index (κ2) is 13.0. The predicted molar refractivity (Wildman–Crippen MR) is 125 cm³/mol. The minimum Gasteiger partial charge on any atom is -0.445 e. The topological polar surface area (TPSA) is 56.8 Å². The summed E-state index contributed by atoms with van der Waals surface area (Å²) in [4.78, 5) is 11.8. The van der Waals surface area contributed by atoms with Crippen LogP contribution in [0.2, 0.25) is 18.1 Å². The number of nitrogens with one attached hydrogen (secondary N) is 1. The van der Waals surface area contributed by atoms with Crippen molar-refractivity contribution in [3.63, 3.8) is 0 Å². The van der Waals surface area contributed by atoms with Gasteiger partial charge >= 0.3 is 6.09 Å². The van der Waals surface area contributed by atoms with Crippen molar-refractivity contribution < 1.29 is 18.7 Å². The molecular formula is C23H43NO4Si. The molecule has 0 radical (unpaired) electrons. The largest absolute Gasteiger partial charge is 0.445 e. The van der Waals surface area contributed by atoms with Gasteiger partial charge in [-0.1, -0.05) is 45.9 Å². The fraction of sp³-hybridized carbons (Fsp3) is 0.696. The highest BCUT2D eigenvalue weighted by atomic mass is 28.4. The molecule has 5 nitrogen and oxygen atoms in total. The number of rotatable bonds is 13. The zero-order valence-electron chi connectivity index (χ0n) is 19.8. The Morgan fingerprint density at radius 3 is 2.34 bits per heavy atom. The number of unbranched alkanes of at least 4 members (excludes halogenated alkanes) is 1. The Kier molecular flexibility index (Phi) is 12.4. The molecule has 0 aliphatic rings. The molecule has 3 atom stereocenters. The third kappa shape index (κ3) is 10.3. The average Bonchev–Trinajstić information content (AvgIpc) is 2.62. The first-order valence-corrected chi connectivity index (χ1v) is 13.3. The molecule has 1 N–H and O–H groups in total. The molecule has 6 heteroatoms. The Labute approximate surface area is 179 Å². The number of amides is 1. The van der Waals surface area contributed by atoms with Gasteiger partial charge < -0.3 is 19.2 Å². The summed E-state index contributed by atoms with van der Waals surface area (Å²) in [5, 5.41) is 2.84. The fourth-order valence-electron chi connectivity index (χ4n) is 2.61. The minimum atomic E-state index is -1.99. The van der Waals surface area contributed by atoms with Gasteiger partial charge in [0.25, 0.3) is 0 Å². The number of carbonyl (C=O) groups is 1. The summed E-state index contributed by atoms with van der Waals surface area (Å²) >= 11 is 0. The number of alkyl carbamates (subject to hydrolysis) is 1. The first-order valence-electron chi connectivity index (χ1n) is 10.4. The zero-order chi connectivity index (χ0) is 22.7. The number of allylic oxidation sites excluding steroid dienone is 1. The normalized spacial score (nSPS) is 15.9. The summed E-state index contributed by atoms with van der Waals surface area (Å²) in [5.41, 5.74) is 0.974. The molecule has 0 saturated carbocycles.